The van der Waals surface area contributed by atoms with Gasteiger partial charge in [-0.1, -0.05) is 36.4 Å². The third-order valence-electron chi connectivity index (χ3n) is 6.67. The molecule has 0 radical (unpaired) electrons. The Bertz CT molecular complexity index is 1410. The van der Waals surface area contributed by atoms with Crippen LogP contribution in [0.5, 0.6) is 0 Å². The lowest BCUT2D eigenvalue weighted by Gasteiger charge is -2.22. The Labute approximate surface area is 215 Å². The first-order valence-electron chi connectivity index (χ1n) is 12.2. The second-order valence-electron chi connectivity index (χ2n) is 9.20. The van der Waals surface area contributed by atoms with Gasteiger partial charge in [0.05, 0.1) is 18.5 Å². The molecule has 1 unspecified atom stereocenters. The average Bonchev–Trinajstić information content (AvgIpc) is 3.54. The standard InChI is InChI=1S/C28H29N7O2/c1-18-11-12-22(27(36)33-34-13-7-8-14-34)15-24(18)32-26-25-19(2)23(16-35(25)30-17-29-26)28(37)31-20(3)21-9-5-4-6-10-21/h4-15,17,20,23H,16H2,1-3H3,(H,31,37)(H,33,36)(H,29,30,32)/t20-,23?/m0/s1. The van der Waals surface area contributed by atoms with Crippen molar-refractivity contribution < 1.29 is 9.59 Å². The molecule has 3 aromatic rings. The molecule has 3 heterocycles. The molecule has 2 amide bonds. The molecule has 3 N–H and O–H groups in total. The molecule has 37 heavy (non-hydrogen) atoms. The zero-order valence-electron chi connectivity index (χ0n) is 21.0. The Balaban J connectivity index is 1.34. The number of hydrazone groups is 1. The van der Waals surface area contributed by atoms with Crippen LogP contribution in [0, 0.1) is 12.8 Å². The van der Waals surface area contributed by atoms with Crippen LogP contribution in [0.25, 0.3) is 0 Å². The predicted octanol–water partition coefficient (Wildman–Crippen LogP) is 4.03. The highest BCUT2D eigenvalue weighted by Gasteiger charge is 2.37. The van der Waals surface area contributed by atoms with Gasteiger partial charge in [-0.3, -0.25) is 24.7 Å². The number of rotatable bonds is 6. The van der Waals surface area contributed by atoms with Gasteiger partial charge in [0.25, 0.3) is 5.91 Å². The second kappa shape index (κ2) is 10.1. The number of fused-ring (bicyclic) bond motifs is 1. The Hall–Kier alpha value is -4.66. The largest absolute Gasteiger partial charge is 0.349 e. The van der Waals surface area contributed by atoms with Gasteiger partial charge >= 0.3 is 0 Å². The fraction of sp³-hybridized carbons (Fsp3) is 0.214. The molecule has 0 spiro atoms. The number of nitrogens with one attached hydrogen (secondary N) is 3. The number of nitrogens with zero attached hydrogens (tertiary/aromatic N) is 4. The van der Waals surface area contributed by atoms with Crippen molar-refractivity contribution in [2.24, 2.45) is 16.0 Å². The molecule has 188 valence electrons. The first-order valence-corrected chi connectivity index (χ1v) is 12.2. The number of hydrogen-bond donors (Lipinski definition) is 3. The van der Waals surface area contributed by atoms with Crippen molar-refractivity contribution in [2.75, 3.05) is 17.3 Å². The highest BCUT2D eigenvalue weighted by Crippen LogP contribution is 2.32. The Morgan fingerprint density at radius 1 is 1.03 bits per heavy atom. The van der Waals surface area contributed by atoms with Gasteiger partial charge in [-0.25, -0.2) is 4.99 Å². The Morgan fingerprint density at radius 3 is 2.54 bits per heavy atom. The summed E-state index contributed by atoms with van der Waals surface area (Å²) >= 11 is 0. The number of amidine groups is 1. The van der Waals surface area contributed by atoms with Gasteiger partial charge < -0.3 is 10.6 Å². The number of anilines is 1. The van der Waals surface area contributed by atoms with Crippen LogP contribution in [-0.4, -0.2) is 40.2 Å². The van der Waals surface area contributed by atoms with Crippen molar-refractivity contribution in [1.29, 1.82) is 0 Å². The monoisotopic (exact) mass is 495 g/mol. The van der Waals surface area contributed by atoms with Crippen LogP contribution in [0.3, 0.4) is 0 Å². The van der Waals surface area contributed by atoms with Crippen LogP contribution in [0.15, 0.2) is 94.4 Å². The number of carbonyl (C=O) groups excluding carboxylic acids is 2. The van der Waals surface area contributed by atoms with Crippen molar-refractivity contribution in [1.82, 2.24) is 15.0 Å². The highest BCUT2D eigenvalue weighted by atomic mass is 16.2. The zero-order valence-corrected chi connectivity index (χ0v) is 21.0. The number of aromatic nitrogens is 1. The summed E-state index contributed by atoms with van der Waals surface area (Å²) in [6, 6.07) is 18.9. The quantitative estimate of drug-likeness (QED) is 0.480. The fourth-order valence-corrected chi connectivity index (χ4v) is 4.52. The predicted molar refractivity (Wildman–Crippen MR) is 145 cm³/mol. The van der Waals surface area contributed by atoms with Crippen LogP contribution >= 0.6 is 0 Å². The summed E-state index contributed by atoms with van der Waals surface area (Å²) in [5.41, 5.74) is 7.74. The maximum atomic E-state index is 13.2. The SMILES string of the molecule is CC1=C2C(Nc3cc(C(=O)Nn4cccc4)ccc3C)=NC=NN2CC1C(=O)N[C@@H](C)c1ccccc1. The van der Waals surface area contributed by atoms with E-state index in [2.05, 4.69) is 26.2 Å². The molecule has 0 saturated carbocycles. The van der Waals surface area contributed by atoms with Gasteiger partial charge in [0.1, 0.15) is 12.0 Å². The van der Waals surface area contributed by atoms with Crippen molar-refractivity contribution in [3.8, 4) is 0 Å². The summed E-state index contributed by atoms with van der Waals surface area (Å²) in [7, 11) is 0. The molecule has 9 heteroatoms. The lowest BCUT2D eigenvalue weighted by molar-refractivity contribution is -0.124. The van der Waals surface area contributed by atoms with Gasteiger partial charge in [0.2, 0.25) is 5.91 Å². The number of hydrogen-bond acceptors (Lipinski definition) is 6. The summed E-state index contributed by atoms with van der Waals surface area (Å²) in [5.74, 6) is -0.0492. The first-order chi connectivity index (χ1) is 17.9. The van der Waals surface area contributed by atoms with E-state index in [1.807, 2.05) is 69.3 Å². The smallest absolute Gasteiger partial charge is 0.270 e. The third kappa shape index (κ3) is 5.02. The second-order valence-corrected chi connectivity index (χ2v) is 9.20. The van der Waals surface area contributed by atoms with Crippen LogP contribution in [0.4, 0.5) is 5.69 Å². The number of amides is 2. The summed E-state index contributed by atoms with van der Waals surface area (Å²) in [5, 5.41) is 12.7. The van der Waals surface area contributed by atoms with Crippen LogP contribution < -0.4 is 16.1 Å². The van der Waals surface area contributed by atoms with Crippen molar-refractivity contribution in [3.63, 3.8) is 0 Å². The minimum atomic E-state index is -0.358. The van der Waals surface area contributed by atoms with E-state index in [0.29, 0.717) is 17.9 Å². The molecule has 2 aliphatic heterocycles. The van der Waals surface area contributed by atoms with Gasteiger partial charge in [-0.2, -0.15) is 5.10 Å². The van der Waals surface area contributed by atoms with Gasteiger partial charge in [-0.15, -0.1) is 0 Å². The third-order valence-corrected chi connectivity index (χ3v) is 6.67. The molecule has 0 fully saturated rings. The van der Waals surface area contributed by atoms with Crippen LogP contribution in [0.1, 0.15) is 41.4 Å². The number of aliphatic imine (C=N–C) groups is 1. The normalized spacial score (nSPS) is 17.2. The Kier molecular flexibility index (Phi) is 6.59. The molecule has 1 aromatic heterocycles. The summed E-state index contributed by atoms with van der Waals surface area (Å²) in [4.78, 5) is 30.4. The zero-order chi connectivity index (χ0) is 25.9. The lowest BCUT2D eigenvalue weighted by Crippen LogP contribution is -2.35. The topological polar surface area (TPSA) is 103 Å². The molecule has 0 aliphatic carbocycles. The average molecular weight is 496 g/mol. The molecule has 2 aliphatic rings. The summed E-state index contributed by atoms with van der Waals surface area (Å²) in [6.45, 7) is 6.32. The molecule has 9 nitrogen and oxygen atoms in total. The van der Waals surface area contributed by atoms with E-state index in [1.165, 1.54) is 6.34 Å². The van der Waals surface area contributed by atoms with Gasteiger partial charge in [-0.05, 0) is 61.7 Å². The number of benzene rings is 2. The molecule has 2 aromatic carbocycles. The minimum absolute atomic E-state index is 0.0508. The number of carbonyl (C=O) groups is 2. The molecule has 0 saturated heterocycles. The van der Waals surface area contributed by atoms with Gasteiger partial charge in [0, 0.05) is 23.6 Å². The summed E-state index contributed by atoms with van der Waals surface area (Å²) in [6.07, 6.45) is 5.00. The van der Waals surface area contributed by atoms with E-state index in [0.717, 1.165) is 28.1 Å². The van der Waals surface area contributed by atoms with Crippen molar-refractivity contribution >= 4 is 29.7 Å². The maximum absolute atomic E-state index is 13.2. The molecule has 2 atom stereocenters. The molecular weight excluding hydrogens is 466 g/mol. The first kappa shape index (κ1) is 24.1. The van der Waals surface area contributed by atoms with E-state index in [1.54, 1.807) is 34.2 Å². The number of aryl methyl sites for hydroxylation is 1. The van der Waals surface area contributed by atoms with E-state index in [4.69, 9.17) is 0 Å². The Morgan fingerprint density at radius 2 is 1.78 bits per heavy atom. The van der Waals surface area contributed by atoms with Gasteiger partial charge in [0.15, 0.2) is 5.84 Å². The van der Waals surface area contributed by atoms with Crippen molar-refractivity contribution in [3.05, 3.63) is 101 Å². The van der Waals surface area contributed by atoms with E-state index >= 15 is 0 Å². The maximum Gasteiger partial charge on any atom is 0.270 e. The molecule has 5 rings (SSSR count). The van der Waals surface area contributed by atoms with E-state index in [9.17, 15) is 9.59 Å². The highest BCUT2D eigenvalue weighted by molar-refractivity contribution is 6.13. The van der Waals surface area contributed by atoms with Crippen LogP contribution in [0.2, 0.25) is 0 Å². The van der Waals surface area contributed by atoms with E-state index < -0.39 is 0 Å². The minimum Gasteiger partial charge on any atom is -0.349 e. The van der Waals surface area contributed by atoms with Crippen molar-refractivity contribution in [2.45, 2.75) is 26.8 Å². The summed E-state index contributed by atoms with van der Waals surface area (Å²) < 4.78 is 1.60. The fourth-order valence-electron chi connectivity index (χ4n) is 4.52. The van der Waals surface area contributed by atoms with E-state index in [-0.39, 0.29) is 23.8 Å². The molecular formula is C28H29N7O2. The lowest BCUT2D eigenvalue weighted by atomic mass is 9.99. The van der Waals surface area contributed by atoms with Crippen LogP contribution in [-0.2, 0) is 4.79 Å². The molecule has 0 bridgehead atoms.